The summed E-state index contributed by atoms with van der Waals surface area (Å²) in [5.41, 5.74) is 7.31. The summed E-state index contributed by atoms with van der Waals surface area (Å²) in [4.78, 5) is 100.0. The molecule has 5 aromatic carbocycles. The predicted molar refractivity (Wildman–Crippen MR) is 296 cm³/mol. The van der Waals surface area contributed by atoms with E-state index in [1.165, 1.54) is 14.2 Å². The highest BCUT2D eigenvalue weighted by Crippen LogP contribution is 2.43. The van der Waals surface area contributed by atoms with Gasteiger partial charge in [0.2, 0.25) is 23.6 Å². The molecule has 5 aromatic rings. The first-order valence-corrected chi connectivity index (χ1v) is 27.0. The fraction of sp³-hybridized carbons (Fsp3) is 0.333. The van der Waals surface area contributed by atoms with Gasteiger partial charge < -0.3 is 50.4 Å². The number of fused-ring (bicyclic) bond motifs is 8. The van der Waals surface area contributed by atoms with Crippen molar-refractivity contribution in [3.8, 4) is 23.0 Å². The maximum absolute atomic E-state index is 14.1. The van der Waals surface area contributed by atoms with Crippen LogP contribution in [-0.4, -0.2) is 104 Å². The van der Waals surface area contributed by atoms with Gasteiger partial charge in [0, 0.05) is 60.2 Å². The molecule has 6 amide bonds. The lowest BCUT2D eigenvalue weighted by atomic mass is 9.80. The maximum atomic E-state index is 14.1. The first-order valence-electron chi connectivity index (χ1n) is 25.5. The first-order chi connectivity index (χ1) is 37.4. The second kappa shape index (κ2) is 23.1. The number of anilines is 4. The van der Waals surface area contributed by atoms with Crippen LogP contribution >= 0.6 is 22.6 Å². The zero-order chi connectivity index (χ0) is 53.7. The SMILES string of the molecule is COc1cc2c(cc1OCc1cc(COc3cc4c(cc3OC)C(=O)N3c5ccccc5C[C@H]3CN4)cc(NC(=O)CNC(=O)CNC(=O)CNC(=O)[C@H]3CC[C@H](C(=O)CI)CC3)c1)N=C[C@@H]1Cc3ccccc3N1C2=O. The van der Waals surface area contributed by atoms with E-state index >= 15 is 0 Å². The molecular formula is C57H57IN8O11. The zero-order valence-electron chi connectivity index (χ0n) is 42.4. The van der Waals surface area contributed by atoms with Crippen LogP contribution < -0.4 is 55.3 Å². The molecule has 0 spiro atoms. The number of rotatable bonds is 18. The molecule has 19 nitrogen and oxygen atoms in total. The molecular weight excluding hydrogens is 1100 g/mol. The fourth-order valence-electron chi connectivity index (χ4n) is 10.7. The van der Waals surface area contributed by atoms with Crippen molar-refractivity contribution in [2.75, 3.05) is 65.3 Å². The largest absolute Gasteiger partial charge is 0.493 e. The van der Waals surface area contributed by atoms with E-state index in [9.17, 15) is 33.6 Å². The molecule has 398 valence electrons. The van der Waals surface area contributed by atoms with Crippen molar-refractivity contribution in [1.29, 1.82) is 0 Å². The Morgan fingerprint density at radius 1 is 0.649 bits per heavy atom. The minimum absolute atomic E-state index is 0.0144. The van der Waals surface area contributed by atoms with Crippen LogP contribution in [0.5, 0.6) is 23.0 Å². The topological polar surface area (TPSA) is 235 Å². The molecule has 10 rings (SSSR count). The van der Waals surface area contributed by atoms with Crippen molar-refractivity contribution < 1.29 is 52.5 Å². The van der Waals surface area contributed by atoms with Crippen LogP contribution in [0, 0.1) is 11.8 Å². The number of carbonyl (C=O) groups excluding carboxylic acids is 7. The third-order valence-electron chi connectivity index (χ3n) is 14.6. The van der Waals surface area contributed by atoms with Crippen LogP contribution in [0.3, 0.4) is 0 Å². The number of aliphatic imine (C=N–C) groups is 1. The Hall–Kier alpha value is -8.01. The van der Waals surface area contributed by atoms with E-state index in [1.54, 1.807) is 47.5 Å². The number of Topliss-reactive ketones (excluding diaryl/α,β-unsaturated/α-hetero) is 1. The number of nitrogens with zero attached hydrogens (tertiary/aromatic N) is 3. The average Bonchev–Trinajstić information content (AvgIpc) is 3.97. The molecule has 0 radical (unpaired) electrons. The minimum atomic E-state index is -0.628. The summed E-state index contributed by atoms with van der Waals surface area (Å²) in [6.45, 7) is -0.704. The van der Waals surface area contributed by atoms with E-state index in [0.29, 0.717) is 105 Å². The van der Waals surface area contributed by atoms with E-state index in [1.807, 2.05) is 59.5 Å². The van der Waals surface area contributed by atoms with E-state index in [4.69, 9.17) is 23.9 Å². The van der Waals surface area contributed by atoms with Crippen molar-refractivity contribution in [3.05, 3.63) is 124 Å². The molecule has 0 saturated heterocycles. The lowest BCUT2D eigenvalue weighted by molar-refractivity contribution is -0.131. The van der Waals surface area contributed by atoms with Gasteiger partial charge in [-0.05, 0) is 96.8 Å². The molecule has 5 N–H and O–H groups in total. The van der Waals surface area contributed by atoms with Gasteiger partial charge in [0.1, 0.15) is 19.0 Å². The maximum Gasteiger partial charge on any atom is 0.261 e. The van der Waals surface area contributed by atoms with Gasteiger partial charge in [-0.3, -0.25) is 43.5 Å². The molecule has 0 bridgehead atoms. The molecule has 2 atom stereocenters. The number of benzene rings is 5. The van der Waals surface area contributed by atoms with E-state index in [2.05, 4.69) is 49.2 Å². The van der Waals surface area contributed by atoms with Crippen LogP contribution in [0.1, 0.15) is 68.7 Å². The Kier molecular flexibility index (Phi) is 15.7. The number of amides is 6. The molecule has 1 saturated carbocycles. The molecule has 1 aliphatic carbocycles. The molecule has 5 aliphatic rings. The van der Waals surface area contributed by atoms with Crippen molar-refractivity contribution in [1.82, 2.24) is 16.0 Å². The second-order valence-corrected chi connectivity index (χ2v) is 20.3. The van der Waals surface area contributed by atoms with Crippen molar-refractivity contribution >= 4 is 98.5 Å². The Bertz CT molecular complexity index is 3210. The van der Waals surface area contributed by atoms with Crippen LogP contribution in [0.2, 0.25) is 0 Å². The van der Waals surface area contributed by atoms with Gasteiger partial charge in [-0.15, -0.1) is 0 Å². The number of alkyl halides is 1. The summed E-state index contributed by atoms with van der Waals surface area (Å²) in [6, 6.07) is 27.4. The van der Waals surface area contributed by atoms with Crippen LogP contribution in [0.4, 0.5) is 28.4 Å². The van der Waals surface area contributed by atoms with Crippen molar-refractivity contribution in [2.24, 2.45) is 16.8 Å². The Labute approximate surface area is 457 Å². The van der Waals surface area contributed by atoms with Gasteiger partial charge in [-0.1, -0.05) is 59.0 Å². The summed E-state index contributed by atoms with van der Waals surface area (Å²) in [6.07, 6.45) is 5.57. The fourth-order valence-corrected chi connectivity index (χ4v) is 11.3. The highest BCUT2D eigenvalue weighted by molar-refractivity contribution is 14.1. The molecule has 20 heteroatoms. The number of methoxy groups -OCH3 is 2. The van der Waals surface area contributed by atoms with Crippen molar-refractivity contribution in [2.45, 2.75) is 63.8 Å². The lowest BCUT2D eigenvalue weighted by Crippen LogP contribution is -2.44. The Balaban J connectivity index is 0.815. The number of ketones is 1. The Morgan fingerprint density at radius 3 is 1.88 bits per heavy atom. The molecule has 4 aliphatic heterocycles. The second-order valence-electron chi connectivity index (χ2n) is 19.5. The standard InChI is InChI=1S/C57H57IN8O11/c1-74-48-20-41-43(59-25-39-18-36-7-3-5-9-45(36)65(39)56(41)72)22-50(48)76-30-32-15-33(31-77-51-23-44-42(21-49(51)75-2)57(73)66-40(26-60-44)19-37-8-4-6-10-46(37)66)17-38(16-32)64-54(70)29-62-52(68)27-61-53(69)28-63-55(71)35-13-11-34(12-14-35)47(67)24-58/h3-10,15-17,20-23,25,34-35,39-40,60H,11-14,18-19,24,26-31H2,1-2H3,(H,61,69)(H,62,68)(H,63,71)(H,64,70)/t34-,35-,39-,40-/m0/s1. The molecule has 0 aromatic heterocycles. The summed E-state index contributed by atoms with van der Waals surface area (Å²) < 4.78 is 24.8. The molecule has 4 heterocycles. The number of halogens is 1. The summed E-state index contributed by atoms with van der Waals surface area (Å²) in [5.74, 6) is -1.15. The van der Waals surface area contributed by atoms with Crippen molar-refractivity contribution in [3.63, 3.8) is 0 Å². The normalized spacial score (nSPS) is 18.6. The first kappa shape index (κ1) is 52.4. The number of hydrogen-bond acceptors (Lipinski definition) is 13. The highest BCUT2D eigenvalue weighted by Gasteiger charge is 2.39. The molecule has 0 unspecified atom stereocenters. The van der Waals surface area contributed by atoms with Crippen LogP contribution in [-0.2, 0) is 50.0 Å². The zero-order valence-corrected chi connectivity index (χ0v) is 44.6. The third kappa shape index (κ3) is 11.4. The molecule has 1 fully saturated rings. The van der Waals surface area contributed by atoms with Gasteiger partial charge in [0.05, 0.1) is 72.9 Å². The number of para-hydroxylation sites is 2. The predicted octanol–water partition coefficient (Wildman–Crippen LogP) is 6.24. The summed E-state index contributed by atoms with van der Waals surface area (Å²) >= 11 is 2.05. The summed E-state index contributed by atoms with van der Waals surface area (Å²) in [7, 11) is 2.99. The monoisotopic (exact) mass is 1160 g/mol. The van der Waals surface area contributed by atoms with Crippen LogP contribution in [0.15, 0.2) is 96.0 Å². The summed E-state index contributed by atoms with van der Waals surface area (Å²) in [5, 5.41) is 13.9. The number of carbonyl (C=O) groups is 7. The number of ether oxygens (including phenoxy) is 4. The van der Waals surface area contributed by atoms with E-state index in [-0.39, 0.29) is 67.2 Å². The van der Waals surface area contributed by atoms with E-state index < -0.39 is 30.8 Å². The molecule has 77 heavy (non-hydrogen) atoms. The van der Waals surface area contributed by atoms with Crippen LogP contribution in [0.25, 0.3) is 0 Å². The quantitative estimate of drug-likeness (QED) is 0.0485. The van der Waals surface area contributed by atoms with Gasteiger partial charge >= 0.3 is 0 Å². The number of hydrogen-bond donors (Lipinski definition) is 5. The minimum Gasteiger partial charge on any atom is -0.493 e. The van der Waals surface area contributed by atoms with Gasteiger partial charge in [-0.2, -0.15) is 0 Å². The lowest BCUT2D eigenvalue weighted by Gasteiger charge is -2.26. The van der Waals surface area contributed by atoms with Gasteiger partial charge in [0.25, 0.3) is 11.8 Å². The highest BCUT2D eigenvalue weighted by atomic mass is 127. The third-order valence-corrected chi connectivity index (χ3v) is 15.4. The van der Waals surface area contributed by atoms with Gasteiger partial charge in [-0.25, -0.2) is 0 Å². The average molecular weight is 1160 g/mol. The smallest absolute Gasteiger partial charge is 0.261 e. The van der Waals surface area contributed by atoms with E-state index in [0.717, 1.165) is 28.9 Å². The Morgan fingerprint density at radius 2 is 1.22 bits per heavy atom. The van der Waals surface area contributed by atoms with Gasteiger partial charge in [0.15, 0.2) is 23.0 Å². The number of nitrogens with one attached hydrogen (secondary N) is 5.